The Labute approximate surface area is 116 Å². The molecule has 2 aromatic rings. The van der Waals surface area contributed by atoms with Gasteiger partial charge in [-0.25, -0.2) is 9.37 Å². The summed E-state index contributed by atoms with van der Waals surface area (Å²) < 4.78 is 13.3. The molecule has 1 aromatic carbocycles. The fraction of sp³-hybridized carbons (Fsp3) is 0.143. The van der Waals surface area contributed by atoms with E-state index >= 15 is 0 Å². The summed E-state index contributed by atoms with van der Waals surface area (Å²) in [7, 11) is 0. The van der Waals surface area contributed by atoms with Gasteiger partial charge in [-0.2, -0.15) is 0 Å². The standard InChI is InChI=1S/C14H15FN4O/c1-2-19(10-5-3-4-9(15)8-10)14-11(16)6-7-12(18-14)13(17)20/h3-8H,2,16H2,1H3,(H2,17,20). The molecule has 0 aliphatic carbocycles. The van der Waals surface area contributed by atoms with Gasteiger partial charge >= 0.3 is 0 Å². The smallest absolute Gasteiger partial charge is 0.267 e. The highest BCUT2D eigenvalue weighted by Gasteiger charge is 2.15. The minimum absolute atomic E-state index is 0.115. The highest BCUT2D eigenvalue weighted by Crippen LogP contribution is 2.28. The lowest BCUT2D eigenvalue weighted by atomic mass is 10.2. The Balaban J connectivity index is 2.51. The van der Waals surface area contributed by atoms with E-state index in [1.54, 1.807) is 23.1 Å². The highest BCUT2D eigenvalue weighted by molar-refractivity contribution is 5.92. The number of pyridine rings is 1. The van der Waals surface area contributed by atoms with Gasteiger partial charge < -0.3 is 16.4 Å². The minimum atomic E-state index is -0.637. The van der Waals surface area contributed by atoms with E-state index in [2.05, 4.69) is 4.98 Å². The van der Waals surface area contributed by atoms with E-state index in [9.17, 15) is 9.18 Å². The number of hydrogen-bond donors (Lipinski definition) is 2. The maximum atomic E-state index is 13.3. The Kier molecular flexibility index (Phi) is 3.84. The predicted molar refractivity (Wildman–Crippen MR) is 76.2 cm³/mol. The second kappa shape index (κ2) is 5.56. The van der Waals surface area contributed by atoms with Crippen LogP contribution in [0.2, 0.25) is 0 Å². The van der Waals surface area contributed by atoms with E-state index in [1.807, 2.05) is 6.92 Å². The van der Waals surface area contributed by atoms with Crippen molar-refractivity contribution >= 4 is 23.1 Å². The fourth-order valence-electron chi connectivity index (χ4n) is 1.91. The number of nitrogens with zero attached hydrogens (tertiary/aromatic N) is 2. The van der Waals surface area contributed by atoms with Crippen molar-refractivity contribution in [3.8, 4) is 0 Å². The molecule has 6 heteroatoms. The van der Waals surface area contributed by atoms with Crippen molar-refractivity contribution in [2.75, 3.05) is 17.2 Å². The number of rotatable bonds is 4. The quantitative estimate of drug-likeness (QED) is 0.893. The third-order valence-corrected chi connectivity index (χ3v) is 2.85. The number of carbonyl (C=O) groups excluding carboxylic acids is 1. The molecule has 104 valence electrons. The van der Waals surface area contributed by atoms with Crippen LogP contribution >= 0.6 is 0 Å². The first kappa shape index (κ1) is 13.8. The Bertz CT molecular complexity index is 645. The van der Waals surface area contributed by atoms with E-state index in [0.717, 1.165) is 0 Å². The molecule has 0 bridgehead atoms. The van der Waals surface area contributed by atoms with Gasteiger partial charge in [0.1, 0.15) is 11.5 Å². The van der Waals surface area contributed by atoms with Gasteiger partial charge in [0.25, 0.3) is 5.91 Å². The van der Waals surface area contributed by atoms with Gasteiger partial charge in [0, 0.05) is 12.2 Å². The number of hydrogen-bond acceptors (Lipinski definition) is 4. The topological polar surface area (TPSA) is 85.2 Å². The van der Waals surface area contributed by atoms with Gasteiger partial charge in [0.05, 0.1) is 5.69 Å². The zero-order valence-electron chi connectivity index (χ0n) is 11.0. The molecule has 1 aromatic heterocycles. The van der Waals surface area contributed by atoms with Gasteiger partial charge in [-0.3, -0.25) is 4.79 Å². The third-order valence-electron chi connectivity index (χ3n) is 2.85. The summed E-state index contributed by atoms with van der Waals surface area (Å²) in [6, 6.07) is 9.09. The Hall–Kier alpha value is -2.63. The van der Waals surface area contributed by atoms with E-state index < -0.39 is 5.91 Å². The predicted octanol–water partition coefficient (Wildman–Crippen LogP) is 2.06. The van der Waals surface area contributed by atoms with Crippen molar-refractivity contribution < 1.29 is 9.18 Å². The van der Waals surface area contributed by atoms with Crippen molar-refractivity contribution in [3.63, 3.8) is 0 Å². The number of nitrogen functional groups attached to an aromatic ring is 1. The largest absolute Gasteiger partial charge is 0.396 e. The highest BCUT2D eigenvalue weighted by atomic mass is 19.1. The van der Waals surface area contributed by atoms with E-state index in [1.165, 1.54) is 18.2 Å². The van der Waals surface area contributed by atoms with Gasteiger partial charge in [-0.05, 0) is 37.3 Å². The summed E-state index contributed by atoms with van der Waals surface area (Å²) in [6.07, 6.45) is 0. The van der Waals surface area contributed by atoms with Gasteiger partial charge in [0.15, 0.2) is 5.82 Å². The van der Waals surface area contributed by atoms with Crippen LogP contribution in [-0.4, -0.2) is 17.4 Å². The normalized spacial score (nSPS) is 10.3. The molecule has 0 aliphatic rings. The van der Waals surface area contributed by atoms with Crippen LogP contribution in [0.5, 0.6) is 0 Å². The van der Waals surface area contributed by atoms with Crippen LogP contribution in [0, 0.1) is 5.82 Å². The molecule has 0 atom stereocenters. The SMILES string of the molecule is CCN(c1cccc(F)c1)c1nc(C(N)=O)ccc1N. The summed E-state index contributed by atoms with van der Waals surface area (Å²) in [5, 5.41) is 0. The minimum Gasteiger partial charge on any atom is -0.396 e. The van der Waals surface area contributed by atoms with Crippen LogP contribution < -0.4 is 16.4 Å². The van der Waals surface area contributed by atoms with Crippen LogP contribution in [-0.2, 0) is 0 Å². The van der Waals surface area contributed by atoms with E-state index in [-0.39, 0.29) is 11.5 Å². The number of nitrogens with two attached hydrogens (primary N) is 2. The fourth-order valence-corrected chi connectivity index (χ4v) is 1.91. The summed E-state index contributed by atoms with van der Waals surface area (Å²) >= 11 is 0. The molecular formula is C14H15FN4O. The maximum absolute atomic E-state index is 13.3. The average Bonchev–Trinajstić information content (AvgIpc) is 2.41. The maximum Gasteiger partial charge on any atom is 0.267 e. The molecule has 1 heterocycles. The molecule has 20 heavy (non-hydrogen) atoms. The molecule has 4 N–H and O–H groups in total. The second-order valence-electron chi connectivity index (χ2n) is 4.20. The molecule has 0 radical (unpaired) electrons. The number of aromatic nitrogens is 1. The zero-order chi connectivity index (χ0) is 14.7. The molecule has 0 saturated heterocycles. The molecule has 1 amide bonds. The summed E-state index contributed by atoms with van der Waals surface area (Å²) in [6.45, 7) is 2.39. The summed E-state index contributed by atoms with van der Waals surface area (Å²) in [5.74, 6) is -0.610. The monoisotopic (exact) mass is 274 g/mol. The molecular weight excluding hydrogens is 259 g/mol. The van der Waals surface area contributed by atoms with Crippen molar-refractivity contribution in [1.29, 1.82) is 0 Å². The van der Waals surface area contributed by atoms with Crippen molar-refractivity contribution in [3.05, 3.63) is 47.9 Å². The van der Waals surface area contributed by atoms with Crippen molar-refractivity contribution in [2.45, 2.75) is 6.92 Å². The number of benzene rings is 1. The molecule has 0 spiro atoms. The van der Waals surface area contributed by atoms with Gasteiger partial charge in [0.2, 0.25) is 0 Å². The second-order valence-corrected chi connectivity index (χ2v) is 4.20. The third kappa shape index (κ3) is 2.69. The first-order valence-corrected chi connectivity index (χ1v) is 6.12. The molecule has 0 fully saturated rings. The van der Waals surface area contributed by atoms with Crippen molar-refractivity contribution in [2.24, 2.45) is 5.73 Å². The van der Waals surface area contributed by atoms with E-state index in [4.69, 9.17) is 11.5 Å². The van der Waals surface area contributed by atoms with E-state index in [0.29, 0.717) is 23.7 Å². The van der Waals surface area contributed by atoms with Crippen molar-refractivity contribution in [1.82, 2.24) is 4.98 Å². The van der Waals surface area contributed by atoms with Crippen LogP contribution in [0.4, 0.5) is 21.6 Å². The number of amides is 1. The van der Waals surface area contributed by atoms with Crippen LogP contribution in [0.1, 0.15) is 17.4 Å². The number of anilines is 3. The van der Waals surface area contributed by atoms with Gasteiger partial charge in [-0.1, -0.05) is 6.07 Å². The molecule has 0 unspecified atom stereocenters. The Morgan fingerprint density at radius 1 is 1.35 bits per heavy atom. The van der Waals surface area contributed by atoms with Crippen LogP contribution in [0.15, 0.2) is 36.4 Å². The van der Waals surface area contributed by atoms with Crippen LogP contribution in [0.3, 0.4) is 0 Å². The molecule has 0 saturated carbocycles. The number of carbonyl (C=O) groups is 1. The molecule has 0 aliphatic heterocycles. The van der Waals surface area contributed by atoms with Gasteiger partial charge in [-0.15, -0.1) is 0 Å². The summed E-state index contributed by atoms with van der Waals surface area (Å²) in [5.41, 5.74) is 12.2. The Morgan fingerprint density at radius 3 is 2.70 bits per heavy atom. The summed E-state index contributed by atoms with van der Waals surface area (Å²) in [4.78, 5) is 17.1. The first-order chi connectivity index (χ1) is 9.52. The zero-order valence-corrected chi connectivity index (χ0v) is 11.0. The lowest BCUT2D eigenvalue weighted by Gasteiger charge is -2.23. The van der Waals surface area contributed by atoms with Crippen LogP contribution in [0.25, 0.3) is 0 Å². The lowest BCUT2D eigenvalue weighted by Crippen LogP contribution is -2.21. The lowest BCUT2D eigenvalue weighted by molar-refractivity contribution is 0.0995. The number of halogens is 1. The Morgan fingerprint density at radius 2 is 2.10 bits per heavy atom. The molecule has 2 rings (SSSR count). The molecule has 5 nitrogen and oxygen atoms in total. The average molecular weight is 274 g/mol. The number of primary amides is 1. The first-order valence-electron chi connectivity index (χ1n) is 6.12.